The molecule has 6 nitrogen and oxygen atoms in total. The molecule has 0 unspecified atom stereocenters. The van der Waals surface area contributed by atoms with Crippen LogP contribution in [0.2, 0.25) is 0 Å². The van der Waals surface area contributed by atoms with Crippen LogP contribution in [0.25, 0.3) is 5.70 Å². The SMILES string of the molecule is CCOC(=O)NCC1=C(N2Cc3ccccc3C2=O)c2cc(C(F)(F)F)ccc2OC1(C)C. The van der Waals surface area contributed by atoms with Gasteiger partial charge in [-0.1, -0.05) is 18.2 Å². The van der Waals surface area contributed by atoms with Crippen molar-refractivity contribution in [2.45, 2.75) is 39.1 Å². The average molecular weight is 460 g/mol. The first kappa shape index (κ1) is 22.7. The number of halogens is 3. The lowest BCUT2D eigenvalue weighted by Gasteiger charge is -2.39. The first-order valence-corrected chi connectivity index (χ1v) is 10.5. The molecule has 0 aliphatic carbocycles. The van der Waals surface area contributed by atoms with Crippen LogP contribution in [-0.2, 0) is 17.5 Å². The molecule has 174 valence electrons. The summed E-state index contributed by atoms with van der Waals surface area (Å²) in [6.07, 6.45) is -5.25. The summed E-state index contributed by atoms with van der Waals surface area (Å²) in [7, 11) is 0. The number of ether oxygens (including phenoxy) is 2. The standard InChI is InChI=1S/C24H23F3N2O4/c1-4-32-22(31)28-12-18-20(29-13-14-7-5-6-8-16(14)21(29)30)17-11-15(24(25,26)27)9-10-19(17)33-23(18,2)3/h5-11H,4,12-13H2,1-3H3,(H,28,31). The van der Waals surface area contributed by atoms with E-state index in [9.17, 15) is 22.8 Å². The van der Waals surface area contributed by atoms with Crippen LogP contribution >= 0.6 is 0 Å². The number of carbonyl (C=O) groups is 2. The summed E-state index contributed by atoms with van der Waals surface area (Å²) in [5.41, 5.74) is 0.284. The Balaban J connectivity index is 1.89. The molecule has 4 rings (SSSR count). The fourth-order valence-corrected chi connectivity index (χ4v) is 4.15. The number of carbonyl (C=O) groups excluding carboxylic acids is 2. The number of alkyl carbamates (subject to hydrolysis) is 1. The zero-order chi connectivity index (χ0) is 24.0. The Labute approximate surface area is 189 Å². The monoisotopic (exact) mass is 460 g/mol. The van der Waals surface area contributed by atoms with Gasteiger partial charge in [0.15, 0.2) is 0 Å². The Kier molecular flexibility index (Phi) is 5.59. The maximum absolute atomic E-state index is 13.5. The van der Waals surface area contributed by atoms with Crippen molar-refractivity contribution in [1.29, 1.82) is 0 Å². The third kappa shape index (κ3) is 4.15. The van der Waals surface area contributed by atoms with Crippen LogP contribution in [0.3, 0.4) is 0 Å². The maximum atomic E-state index is 13.5. The summed E-state index contributed by atoms with van der Waals surface area (Å²) < 4.78 is 51.6. The van der Waals surface area contributed by atoms with Crippen molar-refractivity contribution in [2.75, 3.05) is 13.2 Å². The first-order chi connectivity index (χ1) is 15.5. The molecule has 0 saturated heterocycles. The third-order valence-corrected chi connectivity index (χ3v) is 5.72. The van der Waals surface area contributed by atoms with Gasteiger partial charge in [-0.25, -0.2) is 4.79 Å². The van der Waals surface area contributed by atoms with Gasteiger partial charge in [-0.2, -0.15) is 13.2 Å². The molecule has 0 radical (unpaired) electrons. The van der Waals surface area contributed by atoms with Crippen molar-refractivity contribution in [1.82, 2.24) is 10.2 Å². The molecule has 0 bridgehead atoms. The minimum Gasteiger partial charge on any atom is -0.483 e. The zero-order valence-electron chi connectivity index (χ0n) is 18.4. The van der Waals surface area contributed by atoms with Gasteiger partial charge in [-0.05, 0) is 50.6 Å². The predicted molar refractivity (Wildman–Crippen MR) is 114 cm³/mol. The van der Waals surface area contributed by atoms with Gasteiger partial charge in [0.2, 0.25) is 0 Å². The first-order valence-electron chi connectivity index (χ1n) is 10.5. The fraction of sp³-hybridized carbons (Fsp3) is 0.333. The highest BCUT2D eigenvalue weighted by atomic mass is 19.4. The Morgan fingerprint density at radius 2 is 1.91 bits per heavy atom. The smallest absolute Gasteiger partial charge is 0.416 e. The van der Waals surface area contributed by atoms with Gasteiger partial charge < -0.3 is 19.7 Å². The van der Waals surface area contributed by atoms with Gasteiger partial charge in [0, 0.05) is 23.2 Å². The van der Waals surface area contributed by atoms with E-state index in [1.54, 1.807) is 39.0 Å². The predicted octanol–water partition coefficient (Wildman–Crippen LogP) is 4.99. The number of nitrogens with one attached hydrogen (secondary N) is 1. The van der Waals surface area contributed by atoms with Gasteiger partial charge in [0.25, 0.3) is 5.91 Å². The van der Waals surface area contributed by atoms with Gasteiger partial charge in [0.05, 0.1) is 24.4 Å². The van der Waals surface area contributed by atoms with Crippen molar-refractivity contribution in [3.05, 3.63) is 70.3 Å². The second kappa shape index (κ2) is 8.13. The van der Waals surface area contributed by atoms with E-state index in [0.29, 0.717) is 16.8 Å². The summed E-state index contributed by atoms with van der Waals surface area (Å²) in [5.74, 6) is -0.0954. The minimum atomic E-state index is -4.57. The number of amides is 2. The molecular weight excluding hydrogens is 437 g/mol. The van der Waals surface area contributed by atoms with Crippen LogP contribution < -0.4 is 10.1 Å². The van der Waals surface area contributed by atoms with E-state index >= 15 is 0 Å². The number of nitrogens with zero attached hydrogens (tertiary/aromatic N) is 1. The average Bonchev–Trinajstić information content (AvgIpc) is 3.07. The molecule has 9 heteroatoms. The Morgan fingerprint density at radius 3 is 2.58 bits per heavy atom. The van der Waals surface area contributed by atoms with E-state index in [-0.39, 0.29) is 36.9 Å². The number of rotatable bonds is 4. The molecule has 1 N–H and O–H groups in total. The summed E-state index contributed by atoms with van der Waals surface area (Å²) in [6.45, 7) is 5.42. The topological polar surface area (TPSA) is 67.9 Å². The molecular formula is C24H23F3N2O4. The molecule has 0 fully saturated rings. The molecule has 0 atom stereocenters. The van der Waals surface area contributed by atoms with Crippen LogP contribution in [-0.4, -0.2) is 35.7 Å². The fourth-order valence-electron chi connectivity index (χ4n) is 4.15. The van der Waals surface area contributed by atoms with Crippen molar-refractivity contribution in [3.8, 4) is 5.75 Å². The highest BCUT2D eigenvalue weighted by molar-refractivity contribution is 6.04. The van der Waals surface area contributed by atoms with E-state index in [0.717, 1.165) is 17.7 Å². The third-order valence-electron chi connectivity index (χ3n) is 5.72. The van der Waals surface area contributed by atoms with E-state index in [4.69, 9.17) is 9.47 Å². The molecule has 33 heavy (non-hydrogen) atoms. The van der Waals surface area contributed by atoms with Gasteiger partial charge in [-0.3, -0.25) is 4.79 Å². The minimum absolute atomic E-state index is 0.0724. The summed E-state index contributed by atoms with van der Waals surface area (Å²) in [6, 6.07) is 10.2. The van der Waals surface area contributed by atoms with Crippen molar-refractivity contribution in [3.63, 3.8) is 0 Å². The summed E-state index contributed by atoms with van der Waals surface area (Å²) in [4.78, 5) is 26.7. The normalized spacial score (nSPS) is 16.8. The number of hydrogen-bond donors (Lipinski definition) is 1. The van der Waals surface area contributed by atoms with Crippen molar-refractivity contribution >= 4 is 17.7 Å². The lowest BCUT2D eigenvalue weighted by molar-refractivity contribution is -0.137. The van der Waals surface area contributed by atoms with Crippen LogP contribution in [0, 0.1) is 0 Å². The molecule has 2 aromatic rings. The second-order valence-corrected chi connectivity index (χ2v) is 8.27. The van der Waals surface area contributed by atoms with E-state index in [2.05, 4.69) is 5.32 Å². The molecule has 0 spiro atoms. The van der Waals surface area contributed by atoms with Crippen LogP contribution in [0.5, 0.6) is 5.75 Å². The Morgan fingerprint density at radius 1 is 1.18 bits per heavy atom. The van der Waals surface area contributed by atoms with Crippen LogP contribution in [0.4, 0.5) is 18.0 Å². The largest absolute Gasteiger partial charge is 0.483 e. The highest BCUT2D eigenvalue weighted by Gasteiger charge is 2.42. The summed E-state index contributed by atoms with van der Waals surface area (Å²) >= 11 is 0. The maximum Gasteiger partial charge on any atom is 0.416 e. The molecule has 2 aliphatic heterocycles. The second-order valence-electron chi connectivity index (χ2n) is 8.27. The van der Waals surface area contributed by atoms with Crippen molar-refractivity contribution < 1.29 is 32.2 Å². The summed E-state index contributed by atoms with van der Waals surface area (Å²) in [5, 5.41) is 2.61. The lowest BCUT2D eigenvalue weighted by Crippen LogP contribution is -2.43. The van der Waals surface area contributed by atoms with Gasteiger partial charge in [0.1, 0.15) is 11.4 Å². The highest BCUT2D eigenvalue weighted by Crippen LogP contribution is 2.46. The van der Waals surface area contributed by atoms with Crippen LogP contribution in [0.1, 0.15) is 47.8 Å². The van der Waals surface area contributed by atoms with Crippen molar-refractivity contribution in [2.24, 2.45) is 0 Å². The molecule has 2 aromatic carbocycles. The molecule has 2 aliphatic rings. The Hall–Kier alpha value is -3.49. The molecule has 2 heterocycles. The molecule has 0 saturated carbocycles. The number of benzene rings is 2. The number of hydrogen-bond acceptors (Lipinski definition) is 4. The van der Waals surface area contributed by atoms with E-state index in [1.165, 1.54) is 11.0 Å². The van der Waals surface area contributed by atoms with Crippen LogP contribution in [0.15, 0.2) is 48.0 Å². The zero-order valence-corrected chi connectivity index (χ0v) is 18.4. The lowest BCUT2D eigenvalue weighted by atomic mass is 9.88. The number of fused-ring (bicyclic) bond motifs is 2. The molecule has 2 amide bonds. The quantitative estimate of drug-likeness (QED) is 0.698. The number of alkyl halides is 3. The van der Waals surface area contributed by atoms with E-state index < -0.39 is 23.4 Å². The Bertz CT molecular complexity index is 1150. The van der Waals surface area contributed by atoms with E-state index in [1.807, 2.05) is 6.07 Å². The molecule has 0 aromatic heterocycles. The van der Waals surface area contributed by atoms with Gasteiger partial charge in [-0.15, -0.1) is 0 Å². The van der Waals surface area contributed by atoms with Gasteiger partial charge >= 0.3 is 12.3 Å².